The van der Waals surface area contributed by atoms with Crippen molar-refractivity contribution in [3.05, 3.63) is 89.5 Å². The van der Waals surface area contributed by atoms with Gasteiger partial charge in [0.25, 0.3) is 0 Å². The number of aryl methyl sites for hydroxylation is 1. The molecule has 0 saturated carbocycles. The van der Waals surface area contributed by atoms with Crippen molar-refractivity contribution in [1.29, 1.82) is 0 Å². The van der Waals surface area contributed by atoms with E-state index in [-0.39, 0.29) is 24.5 Å². The number of nitrogens with two attached hydrogens (primary N) is 1. The molecule has 0 spiro atoms. The van der Waals surface area contributed by atoms with Gasteiger partial charge < -0.3 is 20.9 Å². The topological polar surface area (TPSA) is 105 Å². The third-order valence-electron chi connectivity index (χ3n) is 7.00. The van der Waals surface area contributed by atoms with Gasteiger partial charge in [-0.25, -0.2) is 4.79 Å². The molecule has 1 aliphatic rings. The molecule has 7 heteroatoms. The molecule has 1 saturated heterocycles. The Morgan fingerprint density at radius 3 is 2.46 bits per heavy atom. The number of aliphatic carboxylic acids is 1. The molecular weight excluding hydrogens is 466 g/mol. The monoisotopic (exact) mass is 501 g/mol. The molecule has 7 nitrogen and oxygen atoms in total. The lowest BCUT2D eigenvalue weighted by atomic mass is 9.88. The van der Waals surface area contributed by atoms with Gasteiger partial charge in [0.15, 0.2) is 0 Å². The van der Waals surface area contributed by atoms with E-state index in [1.807, 2.05) is 79.7 Å². The molecule has 4 N–H and O–H groups in total. The van der Waals surface area contributed by atoms with Crippen molar-refractivity contribution in [3.63, 3.8) is 0 Å². The molecule has 3 atom stereocenters. The number of primary amides is 1. The summed E-state index contributed by atoms with van der Waals surface area (Å²) in [6, 6.07) is 22.5. The average molecular weight is 502 g/mol. The standard InChI is InChI=1S/C30H35N3O4/c1-3-24-18-23(15-16-37-24)32-26-14-13-22(25(19-29(34)35)21-10-5-4-6-11-21)17-28(26)33(30(31)36)27-12-8-7-9-20(27)2/h4-14,17,23-25,32H,3,15-16,18-19H2,1-2H3,(H2,31,36)(H,34,35). The number of benzene rings is 3. The number of carbonyl (C=O) groups is 2. The first kappa shape index (κ1) is 26.2. The molecule has 0 bridgehead atoms. The molecular formula is C30H35N3O4. The van der Waals surface area contributed by atoms with Crippen LogP contribution < -0.4 is 16.0 Å². The summed E-state index contributed by atoms with van der Waals surface area (Å²) in [7, 11) is 0. The Bertz CT molecular complexity index is 1230. The van der Waals surface area contributed by atoms with Gasteiger partial charge in [0, 0.05) is 18.6 Å². The molecule has 1 fully saturated rings. The van der Waals surface area contributed by atoms with Crippen LogP contribution in [0.25, 0.3) is 0 Å². The number of para-hydroxylation sites is 1. The molecule has 2 amide bonds. The summed E-state index contributed by atoms with van der Waals surface area (Å²) in [6.07, 6.45) is 2.77. The predicted molar refractivity (Wildman–Crippen MR) is 147 cm³/mol. The van der Waals surface area contributed by atoms with E-state index in [9.17, 15) is 14.7 Å². The van der Waals surface area contributed by atoms with E-state index in [4.69, 9.17) is 10.5 Å². The smallest absolute Gasteiger partial charge is 0.323 e. The number of hydrogen-bond acceptors (Lipinski definition) is 4. The number of hydrogen-bond donors (Lipinski definition) is 3. The van der Waals surface area contributed by atoms with Gasteiger partial charge in [-0.2, -0.15) is 0 Å². The summed E-state index contributed by atoms with van der Waals surface area (Å²) < 4.78 is 5.85. The number of carboxylic acid groups (broad SMARTS) is 1. The van der Waals surface area contributed by atoms with Gasteiger partial charge in [-0.15, -0.1) is 0 Å². The average Bonchev–Trinajstić information content (AvgIpc) is 2.90. The highest BCUT2D eigenvalue weighted by Gasteiger charge is 2.27. The van der Waals surface area contributed by atoms with Crippen LogP contribution in [0.15, 0.2) is 72.8 Å². The highest BCUT2D eigenvalue weighted by atomic mass is 16.5. The fourth-order valence-electron chi connectivity index (χ4n) is 5.06. The minimum absolute atomic E-state index is 0.0741. The Hall–Kier alpha value is -3.84. The quantitative estimate of drug-likeness (QED) is 0.324. The number of nitrogens with one attached hydrogen (secondary N) is 1. The molecule has 4 rings (SSSR count). The van der Waals surface area contributed by atoms with E-state index in [2.05, 4.69) is 12.2 Å². The van der Waals surface area contributed by atoms with Crippen molar-refractivity contribution < 1.29 is 19.4 Å². The maximum atomic E-state index is 12.9. The van der Waals surface area contributed by atoms with Crippen LogP contribution in [0, 0.1) is 6.92 Å². The van der Waals surface area contributed by atoms with Crippen molar-refractivity contribution in [2.24, 2.45) is 5.73 Å². The summed E-state index contributed by atoms with van der Waals surface area (Å²) in [5.41, 5.74) is 10.6. The minimum Gasteiger partial charge on any atom is -0.481 e. The molecule has 1 aliphatic heterocycles. The molecule has 194 valence electrons. The van der Waals surface area contributed by atoms with E-state index < -0.39 is 12.0 Å². The Balaban J connectivity index is 1.83. The van der Waals surface area contributed by atoms with E-state index >= 15 is 0 Å². The minimum atomic E-state index is -0.893. The van der Waals surface area contributed by atoms with Crippen LogP contribution in [-0.2, 0) is 9.53 Å². The van der Waals surface area contributed by atoms with Crippen molar-refractivity contribution in [1.82, 2.24) is 0 Å². The molecule has 0 radical (unpaired) electrons. The summed E-state index contributed by atoms with van der Waals surface area (Å²) in [6.45, 7) is 4.73. The highest BCUT2D eigenvalue weighted by Crippen LogP contribution is 2.39. The molecule has 3 aromatic rings. The number of ether oxygens (including phenoxy) is 1. The van der Waals surface area contributed by atoms with E-state index in [1.165, 1.54) is 4.90 Å². The second-order valence-electron chi connectivity index (χ2n) is 9.56. The van der Waals surface area contributed by atoms with Crippen molar-refractivity contribution in [3.8, 4) is 0 Å². The molecule has 0 aliphatic carbocycles. The van der Waals surface area contributed by atoms with Crippen LogP contribution in [0.5, 0.6) is 0 Å². The van der Waals surface area contributed by atoms with E-state index in [1.54, 1.807) is 0 Å². The number of nitrogens with zero attached hydrogens (tertiary/aromatic N) is 1. The summed E-state index contributed by atoms with van der Waals surface area (Å²) in [4.78, 5) is 26.3. The van der Waals surface area contributed by atoms with Gasteiger partial charge in [0.05, 0.1) is 29.6 Å². The van der Waals surface area contributed by atoms with Crippen LogP contribution >= 0.6 is 0 Å². The van der Waals surface area contributed by atoms with Gasteiger partial charge in [-0.3, -0.25) is 9.69 Å². The van der Waals surface area contributed by atoms with Crippen molar-refractivity contribution in [2.45, 2.75) is 57.6 Å². The predicted octanol–water partition coefficient (Wildman–Crippen LogP) is 6.19. The zero-order chi connectivity index (χ0) is 26.4. The number of rotatable bonds is 9. The fraction of sp³-hybridized carbons (Fsp3) is 0.333. The molecule has 0 aromatic heterocycles. The van der Waals surface area contributed by atoms with Gasteiger partial charge in [0.2, 0.25) is 0 Å². The lowest BCUT2D eigenvalue weighted by molar-refractivity contribution is -0.137. The normalized spacial score (nSPS) is 18.1. The van der Waals surface area contributed by atoms with Gasteiger partial charge in [-0.05, 0) is 61.1 Å². The number of carbonyl (C=O) groups excluding carboxylic acids is 1. The number of urea groups is 1. The first-order valence-corrected chi connectivity index (χ1v) is 12.8. The Morgan fingerprint density at radius 1 is 1.05 bits per heavy atom. The maximum absolute atomic E-state index is 12.9. The lowest BCUT2D eigenvalue weighted by Crippen LogP contribution is -2.36. The third kappa shape index (κ3) is 6.30. The molecule has 3 aromatic carbocycles. The van der Waals surface area contributed by atoms with Crippen LogP contribution in [0.4, 0.5) is 21.9 Å². The Morgan fingerprint density at radius 2 is 1.78 bits per heavy atom. The summed E-state index contributed by atoms with van der Waals surface area (Å²) in [5, 5.41) is 13.3. The highest BCUT2D eigenvalue weighted by molar-refractivity contribution is 6.02. The van der Waals surface area contributed by atoms with Crippen LogP contribution in [0.1, 0.15) is 55.2 Å². The number of carboxylic acids is 1. The van der Waals surface area contributed by atoms with E-state index in [0.717, 1.165) is 41.6 Å². The lowest BCUT2D eigenvalue weighted by Gasteiger charge is -2.33. The number of anilines is 3. The van der Waals surface area contributed by atoms with Gasteiger partial charge in [-0.1, -0.05) is 61.5 Å². The van der Waals surface area contributed by atoms with Crippen LogP contribution in [0.2, 0.25) is 0 Å². The second-order valence-corrected chi connectivity index (χ2v) is 9.56. The molecule has 1 heterocycles. The Labute approximate surface area is 218 Å². The number of amides is 2. The summed E-state index contributed by atoms with van der Waals surface area (Å²) in [5.74, 6) is -1.28. The first-order chi connectivity index (χ1) is 17.9. The Kier molecular flexibility index (Phi) is 8.46. The SMILES string of the molecule is CCC1CC(Nc2ccc(C(CC(=O)O)c3ccccc3)cc2N(C(N)=O)c2ccccc2C)CCO1. The van der Waals surface area contributed by atoms with E-state index in [0.29, 0.717) is 18.0 Å². The van der Waals surface area contributed by atoms with Crippen molar-refractivity contribution >= 4 is 29.1 Å². The second kappa shape index (κ2) is 11.9. The molecule has 37 heavy (non-hydrogen) atoms. The third-order valence-corrected chi connectivity index (χ3v) is 7.00. The van der Waals surface area contributed by atoms with Crippen LogP contribution in [0.3, 0.4) is 0 Å². The maximum Gasteiger partial charge on any atom is 0.323 e. The summed E-state index contributed by atoms with van der Waals surface area (Å²) >= 11 is 0. The first-order valence-electron chi connectivity index (χ1n) is 12.8. The molecule has 3 unspecified atom stereocenters. The largest absolute Gasteiger partial charge is 0.481 e. The fourth-order valence-corrected chi connectivity index (χ4v) is 5.06. The van der Waals surface area contributed by atoms with Gasteiger partial charge in [0.1, 0.15) is 0 Å². The van der Waals surface area contributed by atoms with Gasteiger partial charge >= 0.3 is 12.0 Å². The van der Waals surface area contributed by atoms with Crippen LogP contribution in [-0.4, -0.2) is 35.9 Å². The zero-order valence-corrected chi connectivity index (χ0v) is 21.4. The van der Waals surface area contributed by atoms with Crippen molar-refractivity contribution in [2.75, 3.05) is 16.8 Å². The zero-order valence-electron chi connectivity index (χ0n) is 21.4.